The van der Waals surface area contributed by atoms with E-state index in [0.717, 1.165) is 39.4 Å². The Kier molecular flexibility index (Phi) is 5.96. The molecule has 0 amide bonds. The molecule has 112 valence electrons. The van der Waals surface area contributed by atoms with Gasteiger partial charge in [-0.25, -0.2) is 4.68 Å². The summed E-state index contributed by atoms with van der Waals surface area (Å²) in [6, 6.07) is 0. The highest BCUT2D eigenvalue weighted by Gasteiger charge is 2.11. The molecule has 2 rings (SSSR count). The van der Waals surface area contributed by atoms with E-state index in [1.807, 2.05) is 0 Å². The normalized spacial score (nSPS) is 16.3. The molecular formula is C12H19BrN4O3. The van der Waals surface area contributed by atoms with E-state index in [9.17, 15) is 4.79 Å². The second-order valence-corrected chi connectivity index (χ2v) is 5.30. The van der Waals surface area contributed by atoms with Crippen molar-refractivity contribution in [2.24, 2.45) is 0 Å². The number of nitrogens with one attached hydrogen (secondary N) is 1. The molecule has 1 saturated heterocycles. The summed E-state index contributed by atoms with van der Waals surface area (Å²) in [4.78, 5) is 14.2. The van der Waals surface area contributed by atoms with E-state index < -0.39 is 0 Å². The fraction of sp³-hybridized carbons (Fsp3) is 0.667. The number of aliphatic hydroxyl groups is 1. The molecule has 0 bridgehead atoms. The molecule has 0 saturated carbocycles. The third-order valence-corrected chi connectivity index (χ3v) is 3.91. The fourth-order valence-electron chi connectivity index (χ4n) is 2.02. The quantitative estimate of drug-likeness (QED) is 0.738. The van der Waals surface area contributed by atoms with Crippen LogP contribution < -0.4 is 10.9 Å². The van der Waals surface area contributed by atoms with E-state index in [0.29, 0.717) is 10.2 Å². The molecule has 0 aromatic carbocycles. The van der Waals surface area contributed by atoms with Crippen LogP contribution in [0.1, 0.15) is 0 Å². The third-order valence-electron chi connectivity index (χ3n) is 3.14. The molecule has 7 nitrogen and oxygen atoms in total. The summed E-state index contributed by atoms with van der Waals surface area (Å²) in [5.41, 5.74) is 0.438. The minimum absolute atomic E-state index is 0.108. The molecule has 0 aliphatic carbocycles. The zero-order valence-corrected chi connectivity index (χ0v) is 12.8. The lowest BCUT2D eigenvalue weighted by atomic mass is 10.4. The average Bonchev–Trinajstić information content (AvgIpc) is 2.48. The summed E-state index contributed by atoms with van der Waals surface area (Å²) >= 11 is 3.28. The molecule has 1 aromatic rings. The van der Waals surface area contributed by atoms with Gasteiger partial charge in [-0.05, 0) is 15.9 Å². The Balaban J connectivity index is 1.89. The number of aliphatic hydroxyl groups excluding tert-OH is 1. The van der Waals surface area contributed by atoms with Gasteiger partial charge in [-0.3, -0.25) is 9.69 Å². The molecule has 2 N–H and O–H groups in total. The molecule has 0 unspecified atom stereocenters. The lowest BCUT2D eigenvalue weighted by Gasteiger charge is -2.26. The van der Waals surface area contributed by atoms with Crippen LogP contribution in [0.25, 0.3) is 0 Å². The van der Waals surface area contributed by atoms with Gasteiger partial charge in [0.15, 0.2) is 0 Å². The molecule has 20 heavy (non-hydrogen) atoms. The van der Waals surface area contributed by atoms with E-state index in [1.54, 1.807) is 6.20 Å². The lowest BCUT2D eigenvalue weighted by Crippen LogP contribution is -2.39. The fourth-order valence-corrected chi connectivity index (χ4v) is 2.46. The van der Waals surface area contributed by atoms with Crippen molar-refractivity contribution in [3.8, 4) is 0 Å². The number of rotatable bonds is 6. The van der Waals surface area contributed by atoms with E-state index in [2.05, 4.69) is 31.2 Å². The standard InChI is InChI=1S/C12H19BrN4O3/c13-11-10(9-15-17(3-6-18)12(11)19)14-1-2-16-4-7-20-8-5-16/h9,14,18H,1-8H2. The van der Waals surface area contributed by atoms with Gasteiger partial charge in [0, 0.05) is 26.2 Å². The van der Waals surface area contributed by atoms with Crippen molar-refractivity contribution in [1.29, 1.82) is 0 Å². The number of halogens is 1. The molecule has 1 fully saturated rings. The molecule has 0 spiro atoms. The Morgan fingerprint density at radius 3 is 2.85 bits per heavy atom. The topological polar surface area (TPSA) is 79.6 Å². The second-order valence-electron chi connectivity index (χ2n) is 4.50. The summed E-state index contributed by atoms with van der Waals surface area (Å²) in [5, 5.41) is 16.1. The zero-order valence-electron chi connectivity index (χ0n) is 11.2. The summed E-state index contributed by atoms with van der Waals surface area (Å²) < 4.78 is 6.97. The number of hydrogen-bond donors (Lipinski definition) is 2. The summed E-state index contributed by atoms with van der Waals surface area (Å²) in [6.07, 6.45) is 1.60. The molecule has 1 aromatic heterocycles. The highest BCUT2D eigenvalue weighted by atomic mass is 79.9. The van der Waals surface area contributed by atoms with E-state index >= 15 is 0 Å². The second kappa shape index (κ2) is 7.72. The number of aromatic nitrogens is 2. The Morgan fingerprint density at radius 2 is 2.15 bits per heavy atom. The maximum Gasteiger partial charge on any atom is 0.283 e. The number of ether oxygens (including phenoxy) is 1. The van der Waals surface area contributed by atoms with Crippen LogP contribution in [0.15, 0.2) is 15.5 Å². The van der Waals surface area contributed by atoms with Gasteiger partial charge in [0.25, 0.3) is 5.56 Å². The first-order chi connectivity index (χ1) is 9.72. The average molecular weight is 347 g/mol. The first-order valence-electron chi connectivity index (χ1n) is 6.63. The van der Waals surface area contributed by atoms with Crippen molar-refractivity contribution < 1.29 is 9.84 Å². The van der Waals surface area contributed by atoms with Gasteiger partial charge in [0.2, 0.25) is 0 Å². The van der Waals surface area contributed by atoms with Crippen molar-refractivity contribution in [2.45, 2.75) is 6.54 Å². The largest absolute Gasteiger partial charge is 0.394 e. The Bertz CT molecular complexity index is 488. The van der Waals surface area contributed by atoms with Gasteiger partial charge in [-0.2, -0.15) is 5.10 Å². The summed E-state index contributed by atoms with van der Waals surface area (Å²) in [7, 11) is 0. The number of hydrogen-bond acceptors (Lipinski definition) is 6. The highest BCUT2D eigenvalue weighted by Crippen LogP contribution is 2.15. The van der Waals surface area contributed by atoms with Crippen LogP contribution in [-0.2, 0) is 11.3 Å². The van der Waals surface area contributed by atoms with Crippen molar-refractivity contribution in [3.63, 3.8) is 0 Å². The number of nitrogens with zero attached hydrogens (tertiary/aromatic N) is 3. The minimum Gasteiger partial charge on any atom is -0.394 e. The van der Waals surface area contributed by atoms with Crippen LogP contribution in [0.4, 0.5) is 5.69 Å². The molecule has 1 aliphatic rings. The van der Waals surface area contributed by atoms with Crippen LogP contribution in [0.2, 0.25) is 0 Å². The van der Waals surface area contributed by atoms with E-state index in [4.69, 9.17) is 9.84 Å². The zero-order chi connectivity index (χ0) is 14.4. The van der Waals surface area contributed by atoms with Crippen LogP contribution in [0, 0.1) is 0 Å². The SMILES string of the molecule is O=c1c(Br)c(NCCN2CCOCC2)cnn1CCO. The number of anilines is 1. The van der Waals surface area contributed by atoms with Crippen LogP contribution in [0.3, 0.4) is 0 Å². The van der Waals surface area contributed by atoms with Gasteiger partial charge >= 0.3 is 0 Å². The highest BCUT2D eigenvalue weighted by molar-refractivity contribution is 9.10. The lowest BCUT2D eigenvalue weighted by molar-refractivity contribution is 0.0398. The van der Waals surface area contributed by atoms with Gasteiger partial charge in [0.1, 0.15) is 4.47 Å². The predicted octanol–water partition coefficient (Wildman–Crippen LogP) is -0.258. The molecule has 2 heterocycles. The monoisotopic (exact) mass is 346 g/mol. The van der Waals surface area contributed by atoms with Gasteiger partial charge in [0.05, 0.1) is 38.2 Å². The van der Waals surface area contributed by atoms with Gasteiger partial charge < -0.3 is 15.2 Å². The summed E-state index contributed by atoms with van der Waals surface area (Å²) in [6.45, 7) is 5.18. The molecule has 8 heteroatoms. The first-order valence-corrected chi connectivity index (χ1v) is 7.42. The van der Waals surface area contributed by atoms with Gasteiger partial charge in [-0.15, -0.1) is 0 Å². The minimum atomic E-state index is -0.240. The Labute approximate surface area is 125 Å². The maximum atomic E-state index is 11.9. The van der Waals surface area contributed by atoms with Crippen molar-refractivity contribution in [3.05, 3.63) is 21.0 Å². The van der Waals surface area contributed by atoms with Crippen LogP contribution in [-0.4, -0.2) is 65.8 Å². The van der Waals surface area contributed by atoms with Crippen LogP contribution in [0.5, 0.6) is 0 Å². The van der Waals surface area contributed by atoms with Crippen molar-refractivity contribution >= 4 is 21.6 Å². The smallest absolute Gasteiger partial charge is 0.283 e. The van der Waals surface area contributed by atoms with Crippen LogP contribution >= 0.6 is 15.9 Å². The van der Waals surface area contributed by atoms with Gasteiger partial charge in [-0.1, -0.05) is 0 Å². The van der Waals surface area contributed by atoms with Crippen molar-refractivity contribution in [2.75, 3.05) is 51.3 Å². The van der Waals surface area contributed by atoms with E-state index in [1.165, 1.54) is 4.68 Å². The molecular weight excluding hydrogens is 328 g/mol. The maximum absolute atomic E-state index is 11.9. The first kappa shape index (κ1) is 15.4. The Morgan fingerprint density at radius 1 is 1.40 bits per heavy atom. The Hall–Kier alpha value is -0.960. The van der Waals surface area contributed by atoms with E-state index in [-0.39, 0.29) is 18.7 Å². The number of morpholine rings is 1. The molecule has 0 atom stereocenters. The molecule has 0 radical (unpaired) electrons. The third kappa shape index (κ3) is 4.02. The summed E-state index contributed by atoms with van der Waals surface area (Å²) in [5.74, 6) is 0. The van der Waals surface area contributed by atoms with Crippen molar-refractivity contribution in [1.82, 2.24) is 14.7 Å². The predicted molar refractivity (Wildman–Crippen MR) is 79.0 cm³/mol. The molecule has 1 aliphatic heterocycles.